The van der Waals surface area contributed by atoms with Gasteiger partial charge < -0.3 is 19.3 Å². The van der Waals surface area contributed by atoms with Gasteiger partial charge in [0, 0.05) is 18.9 Å². The van der Waals surface area contributed by atoms with E-state index in [1.165, 1.54) is 33.3 Å². The van der Waals surface area contributed by atoms with Gasteiger partial charge in [0.1, 0.15) is 12.2 Å². The van der Waals surface area contributed by atoms with Gasteiger partial charge in [-0.05, 0) is 24.1 Å². The molecular formula is C23H27N3O6. The molecule has 0 saturated carbocycles. The third-order valence-electron chi connectivity index (χ3n) is 5.21. The molecule has 3 rings (SSSR count). The number of hydrazone groups is 1. The molecule has 0 saturated heterocycles. The van der Waals surface area contributed by atoms with Crippen LogP contribution in [-0.2, 0) is 16.0 Å². The summed E-state index contributed by atoms with van der Waals surface area (Å²) in [5.41, 5.74) is 2.16. The van der Waals surface area contributed by atoms with Crippen LogP contribution in [0.25, 0.3) is 0 Å². The van der Waals surface area contributed by atoms with Crippen LogP contribution in [0.3, 0.4) is 0 Å². The van der Waals surface area contributed by atoms with E-state index in [1.54, 1.807) is 12.1 Å². The van der Waals surface area contributed by atoms with Crippen LogP contribution in [0.5, 0.6) is 17.2 Å². The number of methoxy groups -OCH3 is 3. The van der Waals surface area contributed by atoms with Crippen molar-refractivity contribution in [3.05, 3.63) is 53.6 Å². The van der Waals surface area contributed by atoms with Crippen molar-refractivity contribution in [2.45, 2.75) is 32.0 Å². The summed E-state index contributed by atoms with van der Waals surface area (Å²) in [6, 6.07) is 11.9. The number of nitrogens with one attached hydrogen (secondary N) is 1. The maximum atomic E-state index is 12.3. The molecule has 1 aliphatic rings. The zero-order valence-corrected chi connectivity index (χ0v) is 18.5. The van der Waals surface area contributed by atoms with E-state index in [0.717, 1.165) is 5.56 Å². The first kappa shape index (κ1) is 23.1. The minimum atomic E-state index is -1.00. The number of rotatable bonds is 9. The average Bonchev–Trinajstić information content (AvgIpc) is 3.22. The molecule has 1 heterocycles. The second-order valence-corrected chi connectivity index (χ2v) is 7.29. The lowest BCUT2D eigenvalue weighted by Crippen LogP contribution is -2.51. The molecule has 0 radical (unpaired) electrons. The second kappa shape index (κ2) is 10.1. The van der Waals surface area contributed by atoms with Gasteiger partial charge in [0.05, 0.1) is 27.0 Å². The molecule has 2 atom stereocenters. The molecule has 0 spiro atoms. The number of carboxylic acids is 1. The summed E-state index contributed by atoms with van der Waals surface area (Å²) in [5, 5.41) is 18.6. The van der Waals surface area contributed by atoms with E-state index in [9.17, 15) is 14.7 Å². The summed E-state index contributed by atoms with van der Waals surface area (Å²) in [6.45, 7) is 1.39. The van der Waals surface area contributed by atoms with Crippen molar-refractivity contribution < 1.29 is 28.9 Å². The van der Waals surface area contributed by atoms with Gasteiger partial charge in [0.25, 0.3) is 0 Å². The molecule has 0 aliphatic carbocycles. The number of hydrogen-bond donors (Lipinski definition) is 2. The predicted molar refractivity (Wildman–Crippen MR) is 118 cm³/mol. The normalized spacial score (nSPS) is 16.3. The summed E-state index contributed by atoms with van der Waals surface area (Å²) >= 11 is 0. The monoisotopic (exact) mass is 441 g/mol. The predicted octanol–water partition coefficient (Wildman–Crippen LogP) is 2.28. The summed E-state index contributed by atoms with van der Waals surface area (Å²) in [4.78, 5) is 24.2. The Bertz CT molecular complexity index is 983. The quantitative estimate of drug-likeness (QED) is 0.614. The average molecular weight is 441 g/mol. The topological polar surface area (TPSA) is 110 Å². The number of carbonyl (C=O) groups is 2. The Labute approximate surface area is 186 Å². The maximum absolute atomic E-state index is 12.3. The van der Waals surface area contributed by atoms with E-state index in [4.69, 9.17) is 14.2 Å². The summed E-state index contributed by atoms with van der Waals surface area (Å²) in [7, 11) is 4.55. The van der Waals surface area contributed by atoms with Crippen LogP contribution in [0.1, 0.15) is 24.5 Å². The summed E-state index contributed by atoms with van der Waals surface area (Å²) in [6.07, 6.45) is -0.0132. The summed E-state index contributed by atoms with van der Waals surface area (Å²) in [5.74, 6) is 0.0716. The van der Waals surface area contributed by atoms with Crippen molar-refractivity contribution in [2.75, 3.05) is 21.3 Å². The highest BCUT2D eigenvalue weighted by molar-refractivity contribution is 6.04. The van der Waals surface area contributed by atoms with Crippen molar-refractivity contribution in [3.8, 4) is 17.2 Å². The van der Waals surface area contributed by atoms with Gasteiger partial charge in [-0.15, -0.1) is 0 Å². The first-order valence-electron chi connectivity index (χ1n) is 10.1. The van der Waals surface area contributed by atoms with Crippen molar-refractivity contribution >= 4 is 17.6 Å². The smallest absolute Gasteiger partial charge is 0.321 e. The minimum Gasteiger partial charge on any atom is -0.493 e. The van der Waals surface area contributed by atoms with E-state index >= 15 is 0 Å². The molecule has 1 amide bonds. The van der Waals surface area contributed by atoms with Gasteiger partial charge in [0.15, 0.2) is 11.5 Å². The van der Waals surface area contributed by atoms with E-state index < -0.39 is 18.2 Å². The SMILES string of the molecule is COc1cc(C2=NN(C(C)=O)[C@H](N[C@H](Cc3ccccc3)C(=O)O)C2)cc(OC)c1OC. The third-order valence-corrected chi connectivity index (χ3v) is 5.21. The number of carboxylic acid groups (broad SMARTS) is 1. The fourth-order valence-corrected chi connectivity index (χ4v) is 3.65. The van der Waals surface area contributed by atoms with E-state index in [0.29, 0.717) is 34.9 Å². The Kier molecular flexibility index (Phi) is 7.32. The number of benzene rings is 2. The highest BCUT2D eigenvalue weighted by Gasteiger charge is 2.34. The molecule has 2 N–H and O–H groups in total. The molecule has 9 heteroatoms. The van der Waals surface area contributed by atoms with Crippen LogP contribution >= 0.6 is 0 Å². The molecule has 0 unspecified atom stereocenters. The van der Waals surface area contributed by atoms with Crippen LogP contribution in [0.4, 0.5) is 0 Å². The standard InChI is InChI=1S/C23H27N3O6/c1-14(27)26-21(24-18(23(28)29)10-15-8-6-5-7-9-15)13-17(25-26)16-11-19(30-2)22(32-4)20(12-16)31-3/h5-9,11-12,18,21,24H,10,13H2,1-4H3,(H,28,29)/t18-,21+/m1/s1. The lowest BCUT2D eigenvalue weighted by atomic mass is 10.0. The number of hydrogen-bond acceptors (Lipinski definition) is 7. The Balaban J connectivity index is 1.87. The maximum Gasteiger partial charge on any atom is 0.321 e. The zero-order valence-electron chi connectivity index (χ0n) is 18.5. The molecule has 1 aliphatic heterocycles. The number of nitrogens with zero attached hydrogens (tertiary/aromatic N) is 2. The Morgan fingerprint density at radius 1 is 1.12 bits per heavy atom. The molecule has 2 aromatic rings. The third kappa shape index (κ3) is 5.00. The number of ether oxygens (including phenoxy) is 3. The Hall–Kier alpha value is -3.59. The molecule has 0 aromatic heterocycles. The zero-order chi connectivity index (χ0) is 23.3. The van der Waals surface area contributed by atoms with Gasteiger partial charge in [-0.25, -0.2) is 5.01 Å². The lowest BCUT2D eigenvalue weighted by Gasteiger charge is -2.25. The largest absolute Gasteiger partial charge is 0.493 e. The van der Waals surface area contributed by atoms with E-state index in [2.05, 4.69) is 10.4 Å². The first-order chi connectivity index (χ1) is 15.4. The van der Waals surface area contributed by atoms with Gasteiger partial charge in [0.2, 0.25) is 11.7 Å². The molecule has 2 aromatic carbocycles. The van der Waals surface area contributed by atoms with Crippen molar-refractivity contribution in [1.82, 2.24) is 10.3 Å². The van der Waals surface area contributed by atoms with Crippen molar-refractivity contribution in [1.29, 1.82) is 0 Å². The number of aliphatic carboxylic acids is 1. The lowest BCUT2D eigenvalue weighted by molar-refractivity contribution is -0.141. The molecular weight excluding hydrogens is 414 g/mol. The van der Waals surface area contributed by atoms with Gasteiger partial charge in [-0.1, -0.05) is 30.3 Å². The number of amides is 1. The molecule has 9 nitrogen and oxygen atoms in total. The molecule has 0 fully saturated rings. The van der Waals surface area contributed by atoms with Crippen molar-refractivity contribution in [3.63, 3.8) is 0 Å². The fraction of sp³-hybridized carbons (Fsp3) is 0.348. The minimum absolute atomic E-state index is 0.276. The van der Waals surface area contributed by atoms with Crippen LogP contribution in [0.15, 0.2) is 47.6 Å². The number of carbonyl (C=O) groups excluding carboxylic acids is 1. The molecule has 170 valence electrons. The van der Waals surface area contributed by atoms with Crippen LogP contribution < -0.4 is 19.5 Å². The van der Waals surface area contributed by atoms with Crippen LogP contribution in [0, 0.1) is 0 Å². The Morgan fingerprint density at radius 2 is 1.75 bits per heavy atom. The summed E-state index contributed by atoms with van der Waals surface area (Å²) < 4.78 is 16.2. The van der Waals surface area contributed by atoms with Crippen LogP contribution in [-0.4, -0.2) is 61.2 Å². The first-order valence-corrected chi connectivity index (χ1v) is 10.1. The van der Waals surface area contributed by atoms with Crippen molar-refractivity contribution in [2.24, 2.45) is 5.10 Å². The van der Waals surface area contributed by atoms with Gasteiger partial charge in [-0.2, -0.15) is 5.10 Å². The highest BCUT2D eigenvalue weighted by atomic mass is 16.5. The Morgan fingerprint density at radius 3 is 2.25 bits per heavy atom. The highest BCUT2D eigenvalue weighted by Crippen LogP contribution is 2.39. The second-order valence-electron chi connectivity index (χ2n) is 7.29. The molecule has 0 bridgehead atoms. The fourth-order valence-electron chi connectivity index (χ4n) is 3.65. The van der Waals surface area contributed by atoms with Gasteiger partial charge >= 0.3 is 5.97 Å². The van der Waals surface area contributed by atoms with Gasteiger partial charge in [-0.3, -0.25) is 14.9 Å². The van der Waals surface area contributed by atoms with Crippen LogP contribution in [0.2, 0.25) is 0 Å². The van der Waals surface area contributed by atoms with E-state index in [-0.39, 0.29) is 12.3 Å². The van der Waals surface area contributed by atoms with E-state index in [1.807, 2.05) is 30.3 Å². The molecule has 32 heavy (non-hydrogen) atoms.